The molecule has 3 heterocycles. The fraction of sp³-hybridized carbons (Fsp3) is 0.241. The first-order chi connectivity index (χ1) is 17.6. The van der Waals surface area contributed by atoms with Crippen LogP contribution < -0.4 is 4.74 Å². The van der Waals surface area contributed by atoms with Crippen LogP contribution in [0.5, 0.6) is 5.88 Å². The van der Waals surface area contributed by atoms with Crippen molar-refractivity contribution in [1.82, 2.24) is 19.5 Å². The molecule has 3 aromatic heterocycles. The summed E-state index contributed by atoms with van der Waals surface area (Å²) in [5, 5.41) is 12.4. The summed E-state index contributed by atoms with van der Waals surface area (Å²) in [7, 11) is 0. The lowest BCUT2D eigenvalue weighted by Gasteiger charge is -2.29. The van der Waals surface area contributed by atoms with E-state index in [0.29, 0.717) is 18.2 Å². The van der Waals surface area contributed by atoms with Crippen molar-refractivity contribution >= 4 is 22.5 Å². The molecule has 182 valence electrons. The summed E-state index contributed by atoms with van der Waals surface area (Å²) in [6, 6.07) is 18.2. The topological polar surface area (TPSA) is 76.0 Å². The van der Waals surface area contributed by atoms with Crippen LogP contribution in [0.4, 0.5) is 0 Å². The number of aromatic nitrogens is 4. The van der Waals surface area contributed by atoms with Gasteiger partial charge in [-0.25, -0.2) is 9.97 Å². The quantitative estimate of drug-likeness (QED) is 0.275. The minimum absolute atomic E-state index is 0.0861. The van der Waals surface area contributed by atoms with Crippen LogP contribution in [0.15, 0.2) is 73.3 Å². The van der Waals surface area contributed by atoms with Crippen molar-refractivity contribution < 1.29 is 9.84 Å². The second-order valence-electron chi connectivity index (χ2n) is 9.32. The molecular weight excluding hydrogens is 472 g/mol. The van der Waals surface area contributed by atoms with Crippen LogP contribution in [0.25, 0.3) is 22.2 Å². The molecule has 1 aliphatic carbocycles. The van der Waals surface area contributed by atoms with Gasteiger partial charge in [-0.05, 0) is 48.9 Å². The Kier molecular flexibility index (Phi) is 5.99. The van der Waals surface area contributed by atoms with E-state index in [1.807, 2.05) is 61.1 Å². The van der Waals surface area contributed by atoms with E-state index in [-0.39, 0.29) is 6.04 Å². The Bertz CT molecular complexity index is 1520. The molecule has 2 atom stereocenters. The smallest absolute Gasteiger partial charge is 0.214 e. The van der Waals surface area contributed by atoms with Gasteiger partial charge in [-0.15, -0.1) is 0 Å². The van der Waals surface area contributed by atoms with Crippen LogP contribution >= 0.6 is 11.6 Å². The summed E-state index contributed by atoms with van der Waals surface area (Å²) in [6.07, 6.45) is 7.88. The summed E-state index contributed by atoms with van der Waals surface area (Å²) in [6.45, 7) is 2.20. The molecule has 2 N–H and O–H groups in total. The zero-order valence-corrected chi connectivity index (χ0v) is 20.7. The molecule has 0 saturated heterocycles. The van der Waals surface area contributed by atoms with Gasteiger partial charge in [0.2, 0.25) is 5.88 Å². The zero-order chi connectivity index (χ0) is 24.6. The van der Waals surface area contributed by atoms with Gasteiger partial charge in [-0.2, -0.15) is 0 Å². The van der Waals surface area contributed by atoms with Crippen molar-refractivity contribution in [2.24, 2.45) is 0 Å². The number of hydrogen-bond acceptors (Lipinski definition) is 4. The maximum absolute atomic E-state index is 10.6. The van der Waals surface area contributed by atoms with E-state index < -0.39 is 6.10 Å². The molecule has 5 aromatic rings. The fourth-order valence-corrected chi connectivity index (χ4v) is 5.55. The Labute approximate surface area is 214 Å². The number of ether oxygens (including phenoxy) is 1. The minimum atomic E-state index is -0.718. The maximum atomic E-state index is 10.6. The highest BCUT2D eigenvalue weighted by Gasteiger charge is 2.28. The molecule has 0 spiro atoms. The van der Waals surface area contributed by atoms with E-state index in [2.05, 4.69) is 25.6 Å². The largest absolute Gasteiger partial charge is 0.473 e. The Morgan fingerprint density at radius 1 is 1.17 bits per heavy atom. The first-order valence-corrected chi connectivity index (χ1v) is 12.6. The molecule has 36 heavy (non-hydrogen) atoms. The van der Waals surface area contributed by atoms with Crippen molar-refractivity contribution in [3.63, 3.8) is 0 Å². The van der Waals surface area contributed by atoms with Gasteiger partial charge in [-0.3, -0.25) is 0 Å². The lowest BCUT2D eigenvalue weighted by Crippen LogP contribution is -2.18. The Morgan fingerprint density at radius 2 is 2.03 bits per heavy atom. The molecular formula is C29H27ClN4O2. The van der Waals surface area contributed by atoms with Gasteiger partial charge in [0.1, 0.15) is 6.61 Å². The van der Waals surface area contributed by atoms with Crippen LogP contribution in [0, 0.1) is 0 Å². The number of pyridine rings is 1. The lowest BCUT2D eigenvalue weighted by atomic mass is 9.87. The third-order valence-corrected chi connectivity index (χ3v) is 7.35. The SMILES string of the molecule is CC(O)c1ncn(C2CCCc3c(Cl)cccc32)c1-c1c[nH]c2cnc(OCc3ccccc3)cc12. The van der Waals surface area contributed by atoms with Crippen LogP contribution in [0.1, 0.15) is 54.3 Å². The van der Waals surface area contributed by atoms with Gasteiger partial charge < -0.3 is 19.4 Å². The van der Waals surface area contributed by atoms with Crippen molar-refractivity contribution in [2.75, 3.05) is 0 Å². The highest BCUT2D eigenvalue weighted by atomic mass is 35.5. The molecule has 6 nitrogen and oxygen atoms in total. The van der Waals surface area contributed by atoms with Gasteiger partial charge in [0.25, 0.3) is 0 Å². The molecule has 0 radical (unpaired) electrons. The average Bonchev–Trinajstić information content (AvgIpc) is 3.52. The number of fused-ring (bicyclic) bond motifs is 2. The fourth-order valence-electron chi connectivity index (χ4n) is 5.27. The molecule has 0 amide bonds. The second-order valence-corrected chi connectivity index (χ2v) is 9.73. The molecule has 0 fully saturated rings. The van der Waals surface area contributed by atoms with E-state index in [4.69, 9.17) is 16.3 Å². The summed E-state index contributed by atoms with van der Waals surface area (Å²) >= 11 is 6.57. The molecule has 0 aliphatic heterocycles. The number of aliphatic hydroxyl groups excluding tert-OH is 1. The maximum Gasteiger partial charge on any atom is 0.214 e. The van der Waals surface area contributed by atoms with E-state index in [1.165, 1.54) is 11.1 Å². The monoisotopic (exact) mass is 498 g/mol. The number of halogens is 1. The highest BCUT2D eigenvalue weighted by molar-refractivity contribution is 6.31. The van der Waals surface area contributed by atoms with Crippen molar-refractivity contribution in [3.05, 3.63) is 101 Å². The normalized spacial score (nSPS) is 16.1. The first-order valence-electron chi connectivity index (χ1n) is 12.3. The standard InChI is InChI=1S/C29H27ClN4O2/c1-18(35)28-29(34(17-33-28)26-12-6-9-20-21(26)10-5-11-24(20)30)23-14-31-25-15-32-27(13-22(23)25)36-16-19-7-3-2-4-8-19/h2-5,7-8,10-11,13-15,17-18,26,31,35H,6,9,12,16H2,1H3. The van der Waals surface area contributed by atoms with Gasteiger partial charge in [0.15, 0.2) is 0 Å². The predicted octanol–water partition coefficient (Wildman–Crippen LogP) is 6.64. The molecule has 7 heteroatoms. The predicted molar refractivity (Wildman–Crippen MR) is 141 cm³/mol. The summed E-state index contributed by atoms with van der Waals surface area (Å²) < 4.78 is 8.21. The average molecular weight is 499 g/mol. The molecule has 0 bridgehead atoms. The second kappa shape index (κ2) is 9.45. The number of nitrogens with zero attached hydrogens (tertiary/aromatic N) is 3. The number of aliphatic hydroxyl groups is 1. The molecule has 2 aromatic carbocycles. The number of hydrogen-bond donors (Lipinski definition) is 2. The molecule has 2 unspecified atom stereocenters. The third-order valence-electron chi connectivity index (χ3n) is 7.00. The van der Waals surface area contributed by atoms with Crippen molar-refractivity contribution in [1.29, 1.82) is 0 Å². The van der Waals surface area contributed by atoms with E-state index in [0.717, 1.165) is 52.0 Å². The van der Waals surface area contributed by atoms with Crippen LogP contribution in [-0.2, 0) is 13.0 Å². The Hall–Kier alpha value is -3.61. The Balaban J connectivity index is 1.44. The number of H-pyrrole nitrogens is 1. The number of imidazole rings is 1. The van der Waals surface area contributed by atoms with Crippen molar-refractivity contribution in [2.45, 2.75) is 44.9 Å². The van der Waals surface area contributed by atoms with Crippen LogP contribution in [-0.4, -0.2) is 24.6 Å². The van der Waals surface area contributed by atoms with Crippen LogP contribution in [0.3, 0.4) is 0 Å². The van der Waals surface area contributed by atoms with Gasteiger partial charge in [-0.1, -0.05) is 54.1 Å². The van der Waals surface area contributed by atoms with E-state index in [1.54, 1.807) is 13.1 Å². The minimum Gasteiger partial charge on any atom is -0.473 e. The lowest BCUT2D eigenvalue weighted by molar-refractivity contribution is 0.195. The molecule has 0 saturated carbocycles. The number of benzene rings is 2. The summed E-state index contributed by atoms with van der Waals surface area (Å²) in [4.78, 5) is 12.5. The Morgan fingerprint density at radius 3 is 2.86 bits per heavy atom. The zero-order valence-electron chi connectivity index (χ0n) is 20.0. The van der Waals surface area contributed by atoms with Gasteiger partial charge in [0.05, 0.1) is 41.6 Å². The van der Waals surface area contributed by atoms with Gasteiger partial charge >= 0.3 is 0 Å². The number of aromatic amines is 1. The number of nitrogens with one attached hydrogen (secondary N) is 1. The number of rotatable bonds is 6. The van der Waals surface area contributed by atoms with Gasteiger partial charge in [0, 0.05) is 28.2 Å². The van der Waals surface area contributed by atoms with E-state index >= 15 is 0 Å². The highest BCUT2D eigenvalue weighted by Crippen LogP contribution is 2.42. The third kappa shape index (κ3) is 4.06. The first kappa shape index (κ1) is 22.8. The molecule has 6 rings (SSSR count). The van der Waals surface area contributed by atoms with Crippen molar-refractivity contribution in [3.8, 4) is 17.1 Å². The van der Waals surface area contributed by atoms with E-state index in [9.17, 15) is 5.11 Å². The molecule has 1 aliphatic rings. The van der Waals surface area contributed by atoms with Crippen LogP contribution in [0.2, 0.25) is 5.02 Å². The summed E-state index contributed by atoms with van der Waals surface area (Å²) in [5.74, 6) is 0.548. The summed E-state index contributed by atoms with van der Waals surface area (Å²) in [5.41, 5.74) is 6.90.